The molecule has 10 heteroatoms. The molecule has 0 radical (unpaired) electrons. The maximum Gasteiger partial charge on any atom is 0.322 e. The third-order valence-electron chi connectivity index (χ3n) is 4.92. The predicted molar refractivity (Wildman–Crippen MR) is 120 cm³/mol. The lowest BCUT2D eigenvalue weighted by Gasteiger charge is -2.34. The van der Waals surface area contributed by atoms with E-state index in [-0.39, 0.29) is 17.4 Å². The first-order valence-corrected chi connectivity index (χ1v) is 10.9. The number of benzene rings is 1. The molecule has 1 aliphatic heterocycles. The van der Waals surface area contributed by atoms with Gasteiger partial charge in [-0.25, -0.2) is 4.79 Å². The molecule has 1 unspecified atom stereocenters. The van der Waals surface area contributed by atoms with E-state index in [9.17, 15) is 14.4 Å². The highest BCUT2D eigenvalue weighted by Crippen LogP contribution is 2.26. The Kier molecular flexibility index (Phi) is 6.17. The van der Waals surface area contributed by atoms with Gasteiger partial charge in [-0.1, -0.05) is 23.7 Å². The molecule has 3 aromatic rings. The molecule has 1 fully saturated rings. The standard InChI is InChI=1S/C21H20ClN5O3S/c1-13(28)27-17(19-6-3-9-31-19)11-16(25-27)20(29)18-12-23-7-8-26(18)21(30)24-15-5-2-4-14(22)10-15/h2-6,9-11,18,23H,7-8,12H2,1H3,(H,24,30). The third kappa shape index (κ3) is 4.53. The zero-order valence-corrected chi connectivity index (χ0v) is 18.2. The summed E-state index contributed by atoms with van der Waals surface area (Å²) < 4.78 is 1.23. The van der Waals surface area contributed by atoms with Gasteiger partial charge in [0.1, 0.15) is 11.7 Å². The second-order valence-corrected chi connectivity index (χ2v) is 8.43. The van der Waals surface area contributed by atoms with Crippen LogP contribution in [0.5, 0.6) is 0 Å². The molecule has 1 atom stereocenters. The average molecular weight is 458 g/mol. The number of amides is 2. The number of thiophene rings is 1. The maximum atomic E-state index is 13.3. The van der Waals surface area contributed by atoms with Crippen LogP contribution in [0.4, 0.5) is 10.5 Å². The van der Waals surface area contributed by atoms with Crippen LogP contribution in [0.25, 0.3) is 10.6 Å². The van der Waals surface area contributed by atoms with E-state index in [1.54, 1.807) is 30.3 Å². The second kappa shape index (κ2) is 9.01. The SMILES string of the molecule is CC(=O)n1nc(C(=O)C2CNCCN2C(=O)Nc2cccc(Cl)c2)cc1-c1cccs1. The van der Waals surface area contributed by atoms with Crippen LogP contribution < -0.4 is 10.6 Å². The van der Waals surface area contributed by atoms with Crippen LogP contribution in [-0.2, 0) is 0 Å². The molecule has 2 amide bonds. The number of rotatable bonds is 4. The molecule has 160 valence electrons. The van der Waals surface area contributed by atoms with Crippen LogP contribution in [0.15, 0.2) is 47.8 Å². The van der Waals surface area contributed by atoms with E-state index in [0.29, 0.717) is 36.0 Å². The van der Waals surface area contributed by atoms with Crippen LogP contribution >= 0.6 is 22.9 Å². The molecule has 0 aliphatic carbocycles. The number of hydrogen-bond acceptors (Lipinski definition) is 6. The summed E-state index contributed by atoms with van der Waals surface area (Å²) in [6, 6.07) is 11.0. The van der Waals surface area contributed by atoms with Gasteiger partial charge in [-0.2, -0.15) is 9.78 Å². The van der Waals surface area contributed by atoms with Crippen molar-refractivity contribution in [3.8, 4) is 10.6 Å². The Morgan fingerprint density at radius 3 is 2.77 bits per heavy atom. The topological polar surface area (TPSA) is 96.3 Å². The van der Waals surface area contributed by atoms with E-state index < -0.39 is 12.1 Å². The number of piperazine rings is 1. The fraction of sp³-hybridized carbons (Fsp3) is 0.238. The van der Waals surface area contributed by atoms with Gasteiger partial charge < -0.3 is 15.5 Å². The molecule has 8 nitrogen and oxygen atoms in total. The highest BCUT2D eigenvalue weighted by Gasteiger charge is 2.34. The number of Topliss-reactive ketones (excluding diaryl/α,β-unsaturated/α-hetero) is 1. The van der Waals surface area contributed by atoms with Gasteiger partial charge in [0.25, 0.3) is 0 Å². The van der Waals surface area contributed by atoms with Gasteiger partial charge in [-0.05, 0) is 35.7 Å². The molecule has 1 saturated heterocycles. The lowest BCUT2D eigenvalue weighted by atomic mass is 10.1. The first kappa shape index (κ1) is 21.2. The summed E-state index contributed by atoms with van der Waals surface area (Å²) in [6.07, 6.45) is 0. The minimum absolute atomic E-state index is 0.146. The molecule has 4 rings (SSSR count). The smallest absolute Gasteiger partial charge is 0.312 e. The minimum atomic E-state index is -0.751. The quantitative estimate of drug-likeness (QED) is 0.583. The Morgan fingerprint density at radius 2 is 2.06 bits per heavy atom. The Balaban J connectivity index is 1.59. The normalized spacial score (nSPS) is 16.2. The summed E-state index contributed by atoms with van der Waals surface area (Å²) in [5, 5.41) is 12.6. The molecule has 0 saturated carbocycles. The predicted octanol–water partition coefficient (Wildman–Crippen LogP) is 3.61. The second-order valence-electron chi connectivity index (χ2n) is 7.04. The highest BCUT2D eigenvalue weighted by molar-refractivity contribution is 7.13. The van der Waals surface area contributed by atoms with Crippen molar-refractivity contribution in [3.05, 3.63) is 58.6 Å². The van der Waals surface area contributed by atoms with Crippen molar-refractivity contribution in [2.24, 2.45) is 0 Å². The van der Waals surface area contributed by atoms with Crippen LogP contribution in [0.3, 0.4) is 0 Å². The lowest BCUT2D eigenvalue weighted by molar-refractivity contribution is 0.0822. The fourth-order valence-corrected chi connectivity index (χ4v) is 4.37. The van der Waals surface area contributed by atoms with E-state index >= 15 is 0 Å². The van der Waals surface area contributed by atoms with Crippen molar-refractivity contribution in [2.75, 3.05) is 25.0 Å². The van der Waals surface area contributed by atoms with Crippen LogP contribution in [-0.4, -0.2) is 58.1 Å². The van der Waals surface area contributed by atoms with E-state index in [0.717, 1.165) is 4.88 Å². The molecule has 3 heterocycles. The number of aromatic nitrogens is 2. The minimum Gasteiger partial charge on any atom is -0.312 e. The number of nitrogens with one attached hydrogen (secondary N) is 2. The molecular formula is C21H20ClN5O3S. The average Bonchev–Trinajstić information content (AvgIpc) is 3.43. The first-order valence-electron chi connectivity index (χ1n) is 9.67. The van der Waals surface area contributed by atoms with Gasteiger partial charge in [-0.3, -0.25) is 9.59 Å². The Labute approximate surface area is 187 Å². The summed E-state index contributed by atoms with van der Waals surface area (Å²) in [5.74, 6) is -0.619. The number of anilines is 1. The van der Waals surface area contributed by atoms with E-state index in [2.05, 4.69) is 15.7 Å². The number of ketones is 1. The Hall–Kier alpha value is -3.01. The highest BCUT2D eigenvalue weighted by atomic mass is 35.5. The number of hydrogen-bond donors (Lipinski definition) is 2. The van der Waals surface area contributed by atoms with Gasteiger partial charge >= 0.3 is 6.03 Å². The van der Waals surface area contributed by atoms with Crippen molar-refractivity contribution in [2.45, 2.75) is 13.0 Å². The Bertz CT molecular complexity index is 1130. The summed E-state index contributed by atoms with van der Waals surface area (Å²) in [5.41, 5.74) is 1.25. The van der Waals surface area contributed by atoms with E-state index in [1.807, 2.05) is 17.5 Å². The number of nitrogens with zero attached hydrogens (tertiary/aromatic N) is 3. The molecule has 31 heavy (non-hydrogen) atoms. The number of carbonyl (C=O) groups is 3. The van der Waals surface area contributed by atoms with Crippen molar-refractivity contribution >= 4 is 46.3 Å². The van der Waals surface area contributed by atoms with Gasteiger partial charge in [0.05, 0.1) is 10.6 Å². The van der Waals surface area contributed by atoms with E-state index in [1.165, 1.54) is 27.8 Å². The molecule has 2 N–H and O–H groups in total. The third-order valence-corrected chi connectivity index (χ3v) is 6.04. The summed E-state index contributed by atoms with van der Waals surface area (Å²) in [4.78, 5) is 40.6. The molecule has 1 aromatic carbocycles. The number of carbonyl (C=O) groups excluding carboxylic acids is 3. The number of halogens is 1. The largest absolute Gasteiger partial charge is 0.322 e. The fourth-order valence-electron chi connectivity index (χ4n) is 3.46. The van der Waals surface area contributed by atoms with Gasteiger partial charge in [0, 0.05) is 37.3 Å². The molecule has 1 aliphatic rings. The van der Waals surface area contributed by atoms with Crippen molar-refractivity contribution in [1.29, 1.82) is 0 Å². The van der Waals surface area contributed by atoms with Gasteiger partial charge in [0.15, 0.2) is 0 Å². The van der Waals surface area contributed by atoms with Crippen molar-refractivity contribution in [1.82, 2.24) is 20.0 Å². The Morgan fingerprint density at radius 1 is 1.23 bits per heavy atom. The zero-order valence-electron chi connectivity index (χ0n) is 16.7. The summed E-state index contributed by atoms with van der Waals surface area (Å²) in [7, 11) is 0. The molecule has 0 bridgehead atoms. The summed E-state index contributed by atoms with van der Waals surface area (Å²) >= 11 is 7.45. The van der Waals surface area contributed by atoms with Crippen LogP contribution in [0.2, 0.25) is 5.02 Å². The van der Waals surface area contributed by atoms with Crippen molar-refractivity contribution in [3.63, 3.8) is 0 Å². The number of urea groups is 1. The zero-order chi connectivity index (χ0) is 22.0. The van der Waals surface area contributed by atoms with Gasteiger partial charge in [-0.15, -0.1) is 11.3 Å². The maximum absolute atomic E-state index is 13.3. The van der Waals surface area contributed by atoms with E-state index in [4.69, 9.17) is 11.6 Å². The molecule has 0 spiro atoms. The monoisotopic (exact) mass is 457 g/mol. The first-order chi connectivity index (χ1) is 14.9. The molecular weight excluding hydrogens is 438 g/mol. The summed E-state index contributed by atoms with van der Waals surface area (Å²) in [6.45, 7) is 2.61. The van der Waals surface area contributed by atoms with Gasteiger partial charge in [0.2, 0.25) is 11.7 Å². The lowest BCUT2D eigenvalue weighted by Crippen LogP contribution is -2.58. The molecule has 2 aromatic heterocycles. The van der Waals surface area contributed by atoms with Crippen LogP contribution in [0, 0.1) is 0 Å². The van der Waals surface area contributed by atoms with Crippen LogP contribution in [0.1, 0.15) is 22.2 Å². The van der Waals surface area contributed by atoms with Crippen molar-refractivity contribution < 1.29 is 14.4 Å².